The van der Waals surface area contributed by atoms with E-state index in [0.717, 1.165) is 19.3 Å². The number of para-hydroxylation sites is 2. The van der Waals surface area contributed by atoms with E-state index < -0.39 is 0 Å². The third-order valence-corrected chi connectivity index (χ3v) is 10.2. The first-order valence-corrected chi connectivity index (χ1v) is 17.5. The molecule has 0 aromatic heterocycles. The van der Waals surface area contributed by atoms with Gasteiger partial charge in [-0.1, -0.05) is 135 Å². The zero-order valence-electron chi connectivity index (χ0n) is 27.8. The highest BCUT2D eigenvalue weighted by Crippen LogP contribution is 2.45. The molecule has 2 aliphatic rings. The van der Waals surface area contributed by atoms with Gasteiger partial charge in [-0.2, -0.15) is 0 Å². The molecular weight excluding hydrogens is 591 g/mol. The molecule has 234 valence electrons. The SMILES string of the molecule is CCCCc1cc2c3c(c1)N(c1ccc(-c4ccccc4)cc1)c1ccc(-c4ccccc4)cc1B3c1ccccc1N2c1ccccc1. The van der Waals surface area contributed by atoms with Crippen LogP contribution in [0.1, 0.15) is 25.3 Å². The van der Waals surface area contributed by atoms with E-state index in [1.165, 1.54) is 78.3 Å². The fraction of sp³-hybridized carbons (Fsp3) is 0.0870. The zero-order valence-corrected chi connectivity index (χ0v) is 27.8. The van der Waals surface area contributed by atoms with Gasteiger partial charge in [0, 0.05) is 34.1 Å². The van der Waals surface area contributed by atoms with Gasteiger partial charge in [-0.15, -0.1) is 0 Å². The number of aryl methyl sites for hydroxylation is 1. The Kier molecular flexibility index (Phi) is 7.39. The van der Waals surface area contributed by atoms with E-state index in [2.05, 4.69) is 187 Å². The largest absolute Gasteiger partial charge is 0.311 e. The summed E-state index contributed by atoms with van der Waals surface area (Å²) in [5.74, 6) is 0. The maximum Gasteiger partial charge on any atom is 0.252 e. The molecule has 0 aliphatic carbocycles. The predicted molar refractivity (Wildman–Crippen MR) is 210 cm³/mol. The predicted octanol–water partition coefficient (Wildman–Crippen LogP) is 10.4. The Morgan fingerprint density at radius 3 is 1.59 bits per heavy atom. The van der Waals surface area contributed by atoms with Crippen molar-refractivity contribution < 1.29 is 0 Å². The van der Waals surface area contributed by atoms with E-state index in [1.54, 1.807) is 0 Å². The summed E-state index contributed by atoms with van der Waals surface area (Å²) in [4.78, 5) is 5.03. The van der Waals surface area contributed by atoms with Crippen LogP contribution in [0.15, 0.2) is 170 Å². The van der Waals surface area contributed by atoms with Gasteiger partial charge < -0.3 is 9.80 Å². The molecule has 2 nitrogen and oxygen atoms in total. The van der Waals surface area contributed by atoms with Crippen molar-refractivity contribution in [3.05, 3.63) is 175 Å². The number of nitrogens with zero attached hydrogens (tertiary/aromatic N) is 2. The molecule has 0 radical (unpaired) electrons. The third kappa shape index (κ3) is 5.05. The van der Waals surface area contributed by atoms with Gasteiger partial charge in [-0.05, 0) is 106 Å². The number of hydrogen-bond acceptors (Lipinski definition) is 2. The highest BCUT2D eigenvalue weighted by Gasteiger charge is 2.43. The van der Waals surface area contributed by atoms with Gasteiger partial charge in [0.15, 0.2) is 0 Å². The molecule has 0 saturated heterocycles. The molecule has 0 spiro atoms. The van der Waals surface area contributed by atoms with E-state index in [1.807, 2.05) is 0 Å². The maximum atomic E-state index is 2.53. The normalized spacial score (nSPS) is 12.7. The van der Waals surface area contributed by atoms with Crippen molar-refractivity contribution in [3.63, 3.8) is 0 Å². The summed E-state index contributed by atoms with van der Waals surface area (Å²) < 4.78 is 0. The van der Waals surface area contributed by atoms with Crippen molar-refractivity contribution in [3.8, 4) is 22.3 Å². The molecule has 9 rings (SSSR count). The summed E-state index contributed by atoms with van der Waals surface area (Å²) in [6, 6.07) is 62.6. The van der Waals surface area contributed by atoms with Crippen LogP contribution in [0.3, 0.4) is 0 Å². The van der Waals surface area contributed by atoms with Gasteiger partial charge in [0.1, 0.15) is 0 Å². The molecular formula is C46H37BN2. The van der Waals surface area contributed by atoms with Crippen molar-refractivity contribution in [2.45, 2.75) is 26.2 Å². The summed E-state index contributed by atoms with van der Waals surface area (Å²) in [6.07, 6.45) is 3.37. The van der Waals surface area contributed by atoms with Gasteiger partial charge in [-0.3, -0.25) is 0 Å². The lowest BCUT2D eigenvalue weighted by molar-refractivity contribution is 0.795. The number of rotatable bonds is 7. The van der Waals surface area contributed by atoms with E-state index in [9.17, 15) is 0 Å². The number of fused-ring (bicyclic) bond motifs is 4. The first-order chi connectivity index (χ1) is 24.3. The highest BCUT2D eigenvalue weighted by atomic mass is 15.2. The molecule has 7 aromatic carbocycles. The second-order valence-corrected chi connectivity index (χ2v) is 13.2. The Morgan fingerprint density at radius 2 is 0.939 bits per heavy atom. The molecule has 49 heavy (non-hydrogen) atoms. The van der Waals surface area contributed by atoms with Crippen LogP contribution in [0.2, 0.25) is 0 Å². The van der Waals surface area contributed by atoms with Gasteiger partial charge in [-0.25, -0.2) is 0 Å². The number of anilines is 6. The molecule has 2 aliphatic heterocycles. The Morgan fingerprint density at radius 1 is 0.429 bits per heavy atom. The first kappa shape index (κ1) is 29.4. The minimum Gasteiger partial charge on any atom is -0.311 e. The average molecular weight is 629 g/mol. The number of unbranched alkanes of at least 4 members (excludes halogenated alkanes) is 1. The van der Waals surface area contributed by atoms with E-state index in [0.29, 0.717) is 0 Å². The smallest absolute Gasteiger partial charge is 0.252 e. The molecule has 3 heteroatoms. The average Bonchev–Trinajstić information content (AvgIpc) is 3.18. The van der Waals surface area contributed by atoms with Crippen LogP contribution in [-0.4, -0.2) is 6.71 Å². The van der Waals surface area contributed by atoms with Crippen LogP contribution in [0, 0.1) is 0 Å². The summed E-state index contributed by atoms with van der Waals surface area (Å²) >= 11 is 0. The van der Waals surface area contributed by atoms with Gasteiger partial charge >= 0.3 is 0 Å². The molecule has 0 amide bonds. The van der Waals surface area contributed by atoms with Crippen molar-refractivity contribution in [1.29, 1.82) is 0 Å². The van der Waals surface area contributed by atoms with Gasteiger partial charge in [0.25, 0.3) is 6.71 Å². The maximum absolute atomic E-state index is 2.53. The lowest BCUT2D eigenvalue weighted by atomic mass is 9.33. The topological polar surface area (TPSA) is 6.48 Å². The summed E-state index contributed by atoms with van der Waals surface area (Å²) in [7, 11) is 0. The van der Waals surface area contributed by atoms with Crippen molar-refractivity contribution >= 4 is 57.2 Å². The Hall–Kier alpha value is -5.80. The third-order valence-electron chi connectivity index (χ3n) is 10.2. The second-order valence-electron chi connectivity index (χ2n) is 13.2. The van der Waals surface area contributed by atoms with Gasteiger partial charge in [0.05, 0.1) is 0 Å². The summed E-state index contributed by atoms with van der Waals surface area (Å²) in [5.41, 5.74) is 17.8. The van der Waals surface area contributed by atoms with Crippen LogP contribution in [0.25, 0.3) is 22.3 Å². The van der Waals surface area contributed by atoms with Crippen molar-refractivity contribution in [2.24, 2.45) is 0 Å². The van der Waals surface area contributed by atoms with Crippen LogP contribution in [0.4, 0.5) is 34.1 Å². The van der Waals surface area contributed by atoms with Crippen molar-refractivity contribution in [2.75, 3.05) is 9.80 Å². The fourth-order valence-corrected chi connectivity index (χ4v) is 7.91. The van der Waals surface area contributed by atoms with E-state index >= 15 is 0 Å². The van der Waals surface area contributed by atoms with Gasteiger partial charge in [0.2, 0.25) is 0 Å². The Labute approximate surface area is 290 Å². The quantitative estimate of drug-likeness (QED) is 0.162. The minimum absolute atomic E-state index is 0.0971. The number of benzene rings is 7. The standard InChI is InChI=1S/C46H37BN2/c1-2-3-15-33-30-44-46-45(31-33)49(39-27-24-36(25-28-39)34-16-7-4-8-17-34)43-29-26-37(35-18-9-5-10-19-35)32-41(43)47(46)40-22-13-14-23-42(40)48(44)38-20-11-6-12-21-38/h4-14,16-32H,2-3,15H2,1H3. The minimum atomic E-state index is 0.0971. The van der Waals surface area contributed by atoms with Crippen LogP contribution < -0.4 is 26.2 Å². The molecule has 0 atom stereocenters. The first-order valence-electron chi connectivity index (χ1n) is 17.5. The van der Waals surface area contributed by atoms with Crippen LogP contribution in [-0.2, 0) is 6.42 Å². The lowest BCUT2D eigenvalue weighted by Gasteiger charge is -2.44. The lowest BCUT2D eigenvalue weighted by Crippen LogP contribution is -2.61. The zero-order chi connectivity index (χ0) is 32.7. The monoisotopic (exact) mass is 628 g/mol. The van der Waals surface area contributed by atoms with E-state index in [-0.39, 0.29) is 6.71 Å². The van der Waals surface area contributed by atoms with Crippen molar-refractivity contribution in [1.82, 2.24) is 0 Å². The molecule has 0 bridgehead atoms. The summed E-state index contributed by atoms with van der Waals surface area (Å²) in [6.45, 7) is 2.38. The molecule has 7 aromatic rings. The molecule has 2 heterocycles. The number of hydrogen-bond donors (Lipinski definition) is 0. The molecule has 0 saturated carbocycles. The van der Waals surface area contributed by atoms with Crippen LogP contribution in [0.5, 0.6) is 0 Å². The Balaban J connectivity index is 1.33. The van der Waals surface area contributed by atoms with Crippen LogP contribution >= 0.6 is 0 Å². The summed E-state index contributed by atoms with van der Waals surface area (Å²) in [5, 5.41) is 0. The molecule has 0 N–H and O–H groups in total. The fourth-order valence-electron chi connectivity index (χ4n) is 7.91. The molecule has 0 unspecified atom stereocenters. The van der Waals surface area contributed by atoms with E-state index in [4.69, 9.17) is 0 Å². The highest BCUT2D eigenvalue weighted by molar-refractivity contribution is 7.00. The Bertz CT molecular complexity index is 2260. The molecule has 0 fully saturated rings. The second kappa shape index (κ2) is 12.3.